The normalized spacial score (nSPS) is 14.6. The van der Waals surface area contributed by atoms with Crippen molar-refractivity contribution >= 4 is 11.0 Å². The number of fused-ring (bicyclic) bond motifs is 1. The smallest absolute Gasteiger partial charge is 0.124 e. The van der Waals surface area contributed by atoms with E-state index in [2.05, 4.69) is 29.1 Å². The maximum Gasteiger partial charge on any atom is 0.124 e. The maximum absolute atomic E-state index is 5.11. The first kappa shape index (κ1) is 12.0. The summed E-state index contributed by atoms with van der Waals surface area (Å²) in [5, 5.41) is 3.51. The van der Waals surface area contributed by atoms with Crippen molar-refractivity contribution in [2.24, 2.45) is 0 Å². The first-order chi connectivity index (χ1) is 9.24. The Bertz CT molecular complexity index is 624. The molecular weight excluding hydrogens is 238 g/mol. The number of nitrogens with one attached hydrogen (secondary N) is 2. The molecule has 2 heterocycles. The lowest BCUT2D eigenvalue weighted by Gasteiger charge is -2.17. The van der Waals surface area contributed by atoms with Gasteiger partial charge in [-0.05, 0) is 32.0 Å². The van der Waals surface area contributed by atoms with Crippen LogP contribution in [0, 0.1) is 0 Å². The van der Waals surface area contributed by atoms with Crippen molar-refractivity contribution in [2.45, 2.75) is 25.9 Å². The molecule has 2 N–H and O–H groups in total. The Hall–Kier alpha value is -2.07. The highest BCUT2D eigenvalue weighted by molar-refractivity contribution is 5.74. The Kier molecular flexibility index (Phi) is 3.09. The lowest BCUT2D eigenvalue weighted by atomic mass is 10.1. The average molecular weight is 255 g/mol. The molecule has 1 aromatic carbocycles. The number of para-hydroxylation sites is 2. The molecule has 3 rings (SSSR count). The van der Waals surface area contributed by atoms with E-state index in [-0.39, 0.29) is 12.1 Å². The molecule has 0 saturated heterocycles. The van der Waals surface area contributed by atoms with Gasteiger partial charge >= 0.3 is 0 Å². The van der Waals surface area contributed by atoms with Crippen LogP contribution in [0.4, 0.5) is 0 Å². The standard InChI is InChI=1S/C15H17N3O/c1-10(12-7-8-19-9-12)16-11(2)15-17-13-5-3-4-6-14(13)18-15/h3-11,16H,1-2H3,(H,17,18). The van der Waals surface area contributed by atoms with E-state index in [1.54, 1.807) is 12.5 Å². The zero-order chi connectivity index (χ0) is 13.2. The van der Waals surface area contributed by atoms with Gasteiger partial charge in [0.2, 0.25) is 0 Å². The maximum atomic E-state index is 5.11. The fraction of sp³-hybridized carbons (Fsp3) is 0.267. The lowest BCUT2D eigenvalue weighted by molar-refractivity contribution is 0.473. The summed E-state index contributed by atoms with van der Waals surface area (Å²) in [4.78, 5) is 7.95. The van der Waals surface area contributed by atoms with Crippen LogP contribution in [0.3, 0.4) is 0 Å². The van der Waals surface area contributed by atoms with Crippen LogP contribution in [0.25, 0.3) is 11.0 Å². The summed E-state index contributed by atoms with van der Waals surface area (Å²) in [7, 11) is 0. The van der Waals surface area contributed by atoms with Gasteiger partial charge in [-0.15, -0.1) is 0 Å². The Morgan fingerprint density at radius 3 is 2.74 bits per heavy atom. The summed E-state index contributed by atoms with van der Waals surface area (Å²) < 4.78 is 5.11. The van der Waals surface area contributed by atoms with E-state index >= 15 is 0 Å². The number of aromatic amines is 1. The Morgan fingerprint density at radius 1 is 1.16 bits per heavy atom. The van der Waals surface area contributed by atoms with Crippen molar-refractivity contribution in [2.75, 3.05) is 0 Å². The summed E-state index contributed by atoms with van der Waals surface area (Å²) in [5.41, 5.74) is 3.21. The fourth-order valence-electron chi connectivity index (χ4n) is 2.25. The lowest BCUT2D eigenvalue weighted by Crippen LogP contribution is -2.23. The van der Waals surface area contributed by atoms with Crippen molar-refractivity contribution < 1.29 is 4.42 Å². The Morgan fingerprint density at radius 2 is 2.00 bits per heavy atom. The molecule has 2 unspecified atom stereocenters. The van der Waals surface area contributed by atoms with Gasteiger partial charge in [0, 0.05) is 11.6 Å². The van der Waals surface area contributed by atoms with Crippen molar-refractivity contribution in [3.05, 3.63) is 54.2 Å². The second kappa shape index (κ2) is 4.90. The van der Waals surface area contributed by atoms with Gasteiger partial charge in [0.1, 0.15) is 5.82 Å². The van der Waals surface area contributed by atoms with Crippen LogP contribution in [0.1, 0.15) is 37.3 Å². The summed E-state index contributed by atoms with van der Waals surface area (Å²) in [6.45, 7) is 4.22. The molecule has 0 fully saturated rings. The monoisotopic (exact) mass is 255 g/mol. The molecule has 0 spiro atoms. The third-order valence-corrected chi connectivity index (χ3v) is 3.36. The molecule has 98 valence electrons. The van der Waals surface area contributed by atoms with Crippen LogP contribution < -0.4 is 5.32 Å². The van der Waals surface area contributed by atoms with E-state index < -0.39 is 0 Å². The van der Waals surface area contributed by atoms with E-state index in [1.807, 2.05) is 30.3 Å². The summed E-state index contributed by atoms with van der Waals surface area (Å²) in [5.74, 6) is 0.955. The molecule has 4 heteroatoms. The van der Waals surface area contributed by atoms with Crippen molar-refractivity contribution in [1.29, 1.82) is 0 Å². The molecule has 0 saturated carbocycles. The van der Waals surface area contributed by atoms with Crippen LogP contribution in [-0.2, 0) is 0 Å². The number of H-pyrrole nitrogens is 1. The molecule has 0 amide bonds. The van der Waals surface area contributed by atoms with Gasteiger partial charge < -0.3 is 14.7 Å². The number of imidazole rings is 1. The molecule has 19 heavy (non-hydrogen) atoms. The summed E-state index contributed by atoms with van der Waals surface area (Å²) in [6, 6.07) is 10.4. The van der Waals surface area contributed by atoms with Crippen LogP contribution in [0.2, 0.25) is 0 Å². The van der Waals surface area contributed by atoms with E-state index in [0.717, 1.165) is 22.4 Å². The molecule has 0 aliphatic carbocycles. The average Bonchev–Trinajstić information content (AvgIpc) is 3.07. The Balaban J connectivity index is 1.78. The second-order valence-electron chi connectivity index (χ2n) is 4.81. The van der Waals surface area contributed by atoms with Crippen LogP contribution in [0.5, 0.6) is 0 Å². The van der Waals surface area contributed by atoms with E-state index in [9.17, 15) is 0 Å². The number of benzene rings is 1. The Labute approximate surface area is 111 Å². The van der Waals surface area contributed by atoms with Crippen LogP contribution in [-0.4, -0.2) is 9.97 Å². The first-order valence-corrected chi connectivity index (χ1v) is 6.47. The molecular formula is C15H17N3O. The quantitative estimate of drug-likeness (QED) is 0.749. The largest absolute Gasteiger partial charge is 0.472 e. The van der Waals surface area contributed by atoms with E-state index in [0.29, 0.717) is 0 Å². The van der Waals surface area contributed by atoms with Gasteiger partial charge in [0.15, 0.2) is 0 Å². The highest BCUT2D eigenvalue weighted by Gasteiger charge is 2.14. The van der Waals surface area contributed by atoms with Gasteiger partial charge in [-0.2, -0.15) is 0 Å². The zero-order valence-corrected chi connectivity index (χ0v) is 11.1. The summed E-state index contributed by atoms with van der Waals surface area (Å²) in [6.07, 6.45) is 3.46. The highest BCUT2D eigenvalue weighted by atomic mass is 16.3. The number of furan rings is 1. The molecule has 0 radical (unpaired) electrons. The van der Waals surface area contributed by atoms with Crippen molar-refractivity contribution in [3.8, 4) is 0 Å². The van der Waals surface area contributed by atoms with E-state index in [1.165, 1.54) is 0 Å². The number of rotatable bonds is 4. The first-order valence-electron chi connectivity index (χ1n) is 6.47. The predicted molar refractivity (Wildman–Crippen MR) is 74.8 cm³/mol. The minimum atomic E-state index is 0.150. The molecule has 2 atom stereocenters. The van der Waals surface area contributed by atoms with Crippen LogP contribution in [0.15, 0.2) is 47.3 Å². The van der Waals surface area contributed by atoms with Crippen LogP contribution >= 0.6 is 0 Å². The van der Waals surface area contributed by atoms with Gasteiger partial charge in [-0.3, -0.25) is 0 Å². The topological polar surface area (TPSA) is 53.9 Å². The molecule has 3 aromatic rings. The summed E-state index contributed by atoms with van der Waals surface area (Å²) >= 11 is 0. The third kappa shape index (κ3) is 2.39. The molecule has 4 nitrogen and oxygen atoms in total. The van der Waals surface area contributed by atoms with Gasteiger partial charge in [-0.25, -0.2) is 4.98 Å². The fourth-order valence-corrected chi connectivity index (χ4v) is 2.25. The minimum Gasteiger partial charge on any atom is -0.472 e. The highest BCUT2D eigenvalue weighted by Crippen LogP contribution is 2.20. The molecule has 2 aromatic heterocycles. The van der Waals surface area contributed by atoms with Crippen molar-refractivity contribution in [3.63, 3.8) is 0 Å². The number of hydrogen-bond donors (Lipinski definition) is 2. The molecule has 0 aliphatic rings. The van der Waals surface area contributed by atoms with E-state index in [4.69, 9.17) is 4.42 Å². The number of hydrogen-bond acceptors (Lipinski definition) is 3. The van der Waals surface area contributed by atoms with Gasteiger partial charge in [0.25, 0.3) is 0 Å². The molecule has 0 bridgehead atoms. The minimum absolute atomic E-state index is 0.150. The molecule has 0 aliphatic heterocycles. The SMILES string of the molecule is CC(NC(C)c1nc2ccccc2[nH]1)c1ccoc1. The predicted octanol–water partition coefficient (Wildman–Crippen LogP) is 3.57. The zero-order valence-electron chi connectivity index (χ0n) is 11.1. The second-order valence-corrected chi connectivity index (χ2v) is 4.81. The number of aromatic nitrogens is 2. The van der Waals surface area contributed by atoms with Crippen molar-refractivity contribution in [1.82, 2.24) is 15.3 Å². The van der Waals surface area contributed by atoms with Gasteiger partial charge in [0.05, 0.1) is 29.6 Å². The third-order valence-electron chi connectivity index (χ3n) is 3.36. The number of nitrogens with zero attached hydrogens (tertiary/aromatic N) is 1. The van der Waals surface area contributed by atoms with Gasteiger partial charge in [-0.1, -0.05) is 12.1 Å².